The average molecular weight is 659 g/mol. The van der Waals surface area contributed by atoms with Crippen molar-refractivity contribution in [3.05, 3.63) is 83.2 Å². The topological polar surface area (TPSA) is 91.3 Å². The molecule has 244 valence electrons. The third kappa shape index (κ3) is 7.89. The van der Waals surface area contributed by atoms with Crippen molar-refractivity contribution in [2.75, 3.05) is 46.4 Å². The molecule has 2 aliphatic heterocycles. The van der Waals surface area contributed by atoms with Crippen molar-refractivity contribution in [3.8, 4) is 11.8 Å². The van der Waals surface area contributed by atoms with Crippen molar-refractivity contribution in [2.24, 2.45) is 0 Å². The lowest BCUT2D eigenvalue weighted by Gasteiger charge is -2.53. The number of carbonyl (C=O) groups is 1. The van der Waals surface area contributed by atoms with E-state index in [0.29, 0.717) is 37.3 Å². The predicted octanol–water partition coefficient (Wildman–Crippen LogP) is 4.51. The van der Waals surface area contributed by atoms with Crippen LogP contribution >= 0.6 is 24.8 Å². The molecule has 3 aliphatic rings. The molecule has 2 atom stereocenters. The Morgan fingerprint density at radius 3 is 2.09 bits per heavy atom. The van der Waals surface area contributed by atoms with Gasteiger partial charge in [-0.25, -0.2) is 0 Å². The number of halogens is 2. The summed E-state index contributed by atoms with van der Waals surface area (Å²) in [5, 5.41) is 9.64. The number of rotatable bonds is 10. The molecule has 45 heavy (non-hydrogen) atoms. The molecular weight excluding hydrogens is 613 g/mol. The van der Waals surface area contributed by atoms with Crippen LogP contribution in [0.2, 0.25) is 0 Å². The lowest BCUT2D eigenvalue weighted by atomic mass is 9.81. The second-order valence-electron chi connectivity index (χ2n) is 12.3. The van der Waals surface area contributed by atoms with Gasteiger partial charge in [0, 0.05) is 63.2 Å². The van der Waals surface area contributed by atoms with Gasteiger partial charge in [0.1, 0.15) is 12.4 Å². The van der Waals surface area contributed by atoms with Crippen molar-refractivity contribution in [2.45, 2.75) is 63.3 Å². The van der Waals surface area contributed by atoms with Gasteiger partial charge in [-0.1, -0.05) is 60.7 Å². The van der Waals surface area contributed by atoms with E-state index in [0.717, 1.165) is 43.9 Å². The fourth-order valence-electron chi connectivity index (χ4n) is 6.75. The van der Waals surface area contributed by atoms with E-state index in [9.17, 15) is 9.90 Å². The maximum Gasteiger partial charge on any atom is 0.248 e. The Hall–Kier alpha value is -2.95. The molecular formula is C34H45Cl2N5O4. The molecule has 1 aromatic heterocycles. The van der Waals surface area contributed by atoms with E-state index in [2.05, 4.69) is 70.5 Å². The molecule has 0 spiro atoms. The number of nitrogens with zero attached hydrogens (tertiary/aromatic N) is 5. The van der Waals surface area contributed by atoms with Crippen LogP contribution in [-0.2, 0) is 11.3 Å². The van der Waals surface area contributed by atoms with Gasteiger partial charge in [-0.15, -0.1) is 24.8 Å². The summed E-state index contributed by atoms with van der Waals surface area (Å²) in [6.07, 6.45) is 2.16. The molecule has 1 saturated carbocycles. The molecule has 3 aromatic rings. The lowest BCUT2D eigenvalue weighted by Crippen LogP contribution is -2.67. The van der Waals surface area contributed by atoms with E-state index in [1.807, 2.05) is 18.7 Å². The van der Waals surface area contributed by atoms with Gasteiger partial charge in [-0.3, -0.25) is 14.6 Å². The van der Waals surface area contributed by atoms with Crippen LogP contribution in [-0.4, -0.2) is 100 Å². The molecule has 1 amide bonds. The van der Waals surface area contributed by atoms with Gasteiger partial charge >= 0.3 is 0 Å². The molecule has 6 rings (SSSR count). The number of carbonyl (C=O) groups excluding carboxylic acids is 1. The Morgan fingerprint density at radius 2 is 1.53 bits per heavy atom. The molecule has 2 saturated heterocycles. The van der Waals surface area contributed by atoms with E-state index in [1.54, 1.807) is 7.11 Å². The van der Waals surface area contributed by atoms with Gasteiger partial charge in [0.25, 0.3) is 0 Å². The van der Waals surface area contributed by atoms with Crippen molar-refractivity contribution < 1.29 is 19.4 Å². The minimum absolute atomic E-state index is 0. The average Bonchev–Trinajstić information content (AvgIpc) is 3.88. The Bertz CT molecular complexity index is 1360. The molecule has 3 heterocycles. The first-order chi connectivity index (χ1) is 20.9. The van der Waals surface area contributed by atoms with Gasteiger partial charge in [-0.2, -0.15) is 9.97 Å². The lowest BCUT2D eigenvalue weighted by molar-refractivity contribution is -0.139. The zero-order valence-electron chi connectivity index (χ0n) is 26.2. The van der Waals surface area contributed by atoms with Crippen LogP contribution in [0.5, 0.6) is 11.8 Å². The maximum atomic E-state index is 12.6. The van der Waals surface area contributed by atoms with Crippen LogP contribution in [0, 0.1) is 0 Å². The second kappa shape index (κ2) is 15.6. The maximum absolute atomic E-state index is 12.6. The predicted molar refractivity (Wildman–Crippen MR) is 179 cm³/mol. The van der Waals surface area contributed by atoms with Crippen LogP contribution in [0.3, 0.4) is 0 Å². The van der Waals surface area contributed by atoms with Gasteiger partial charge in [0.05, 0.1) is 18.8 Å². The Kier molecular flexibility index (Phi) is 12.1. The van der Waals surface area contributed by atoms with Crippen molar-refractivity contribution in [1.29, 1.82) is 0 Å². The number of aliphatic hydroxyl groups excluding tert-OH is 1. The number of hydrogen-bond donors (Lipinski definition) is 1. The molecule has 11 heteroatoms. The smallest absolute Gasteiger partial charge is 0.248 e. The van der Waals surface area contributed by atoms with E-state index in [4.69, 9.17) is 19.4 Å². The summed E-state index contributed by atoms with van der Waals surface area (Å²) < 4.78 is 12.1. The first kappa shape index (κ1) is 34.9. The van der Waals surface area contributed by atoms with E-state index in [1.165, 1.54) is 11.1 Å². The molecule has 0 radical (unpaired) electrons. The molecule has 3 fully saturated rings. The fraction of sp³-hybridized carbons (Fsp3) is 0.500. The van der Waals surface area contributed by atoms with Crippen molar-refractivity contribution in [3.63, 3.8) is 0 Å². The SMILES string of the molecule is COc1nc(C2CC2)nc(OC(C)C)c1CN1C[C@@H]2CN(C(=O)CO)CCN2[C@H](C(c2ccccc2)c2ccccc2)C1.Cl.Cl. The minimum atomic E-state index is -0.464. The number of piperazine rings is 2. The number of methoxy groups -OCH3 is 1. The highest BCUT2D eigenvalue weighted by molar-refractivity contribution is 5.85. The zero-order valence-corrected chi connectivity index (χ0v) is 27.9. The van der Waals surface area contributed by atoms with Crippen LogP contribution in [0.25, 0.3) is 0 Å². The van der Waals surface area contributed by atoms with Crippen molar-refractivity contribution in [1.82, 2.24) is 24.7 Å². The quantitative estimate of drug-likeness (QED) is 0.341. The summed E-state index contributed by atoms with van der Waals surface area (Å²) in [5.41, 5.74) is 3.40. The summed E-state index contributed by atoms with van der Waals surface area (Å²) >= 11 is 0. The highest BCUT2D eigenvalue weighted by atomic mass is 35.5. The number of aliphatic hydroxyl groups is 1. The van der Waals surface area contributed by atoms with Crippen molar-refractivity contribution >= 4 is 30.7 Å². The van der Waals surface area contributed by atoms with Crippen LogP contribution < -0.4 is 9.47 Å². The molecule has 0 bridgehead atoms. The van der Waals surface area contributed by atoms with Crippen LogP contribution in [0.1, 0.15) is 61.0 Å². The number of ether oxygens (including phenoxy) is 2. The van der Waals surface area contributed by atoms with Crippen LogP contribution in [0.15, 0.2) is 60.7 Å². The Balaban J connectivity index is 0.00000230. The number of hydrogen-bond acceptors (Lipinski definition) is 8. The normalized spacial score (nSPS) is 20.3. The molecule has 1 aliphatic carbocycles. The van der Waals surface area contributed by atoms with E-state index >= 15 is 0 Å². The zero-order chi connectivity index (χ0) is 29.9. The first-order valence-corrected chi connectivity index (χ1v) is 15.5. The third-order valence-electron chi connectivity index (χ3n) is 8.87. The van der Waals surface area contributed by atoms with Gasteiger partial charge in [0.2, 0.25) is 17.7 Å². The molecule has 9 nitrogen and oxygen atoms in total. The van der Waals surface area contributed by atoms with Gasteiger partial charge in [0.15, 0.2) is 0 Å². The molecule has 1 N–H and O–H groups in total. The monoisotopic (exact) mass is 657 g/mol. The molecule has 2 aromatic carbocycles. The summed E-state index contributed by atoms with van der Waals surface area (Å²) in [7, 11) is 1.67. The van der Waals surface area contributed by atoms with E-state index in [-0.39, 0.29) is 54.8 Å². The van der Waals surface area contributed by atoms with Crippen LogP contribution in [0.4, 0.5) is 0 Å². The minimum Gasteiger partial charge on any atom is -0.481 e. The van der Waals surface area contributed by atoms with Gasteiger partial charge in [-0.05, 0) is 37.8 Å². The number of aromatic nitrogens is 2. The highest BCUT2D eigenvalue weighted by Crippen LogP contribution is 2.42. The standard InChI is InChI=1S/C34H43N5O4.2ClH/c1-23(2)43-34-28(33(42-3)35-32(36-34)26-14-15-26)20-37-18-27-19-38(30(41)22-40)16-17-39(27)29(21-37)31(24-10-6-4-7-11-24)25-12-8-5-9-13-25;;/h4-13,23,26-27,29,31,40H,14-22H2,1-3H3;2*1H/t27-,29+;;/m1../s1. The highest BCUT2D eigenvalue weighted by Gasteiger charge is 2.43. The summed E-state index contributed by atoms with van der Waals surface area (Å²) in [5.74, 6) is 2.28. The summed E-state index contributed by atoms with van der Waals surface area (Å²) in [4.78, 5) is 29.2. The molecule has 0 unspecified atom stereocenters. The first-order valence-electron chi connectivity index (χ1n) is 15.5. The van der Waals surface area contributed by atoms with Gasteiger partial charge < -0.3 is 19.5 Å². The summed E-state index contributed by atoms with van der Waals surface area (Å²) in [6.45, 7) is 7.66. The second-order valence-corrected chi connectivity index (χ2v) is 12.3. The fourth-order valence-corrected chi connectivity index (χ4v) is 6.75. The number of fused-ring (bicyclic) bond motifs is 1. The van der Waals surface area contributed by atoms with E-state index < -0.39 is 6.61 Å². The Labute approximate surface area is 278 Å². The Morgan fingerprint density at radius 1 is 0.911 bits per heavy atom. The number of amides is 1. The summed E-state index contributed by atoms with van der Waals surface area (Å²) in [6, 6.07) is 21.7. The number of benzene rings is 2. The largest absolute Gasteiger partial charge is 0.481 e. The third-order valence-corrected chi connectivity index (χ3v) is 8.87.